The van der Waals surface area contributed by atoms with Crippen molar-refractivity contribution < 1.29 is 0 Å². The zero-order valence-electron chi connectivity index (χ0n) is 12.0. The van der Waals surface area contributed by atoms with Gasteiger partial charge in [0, 0.05) is 24.8 Å². The number of thiocarbonyl (C=S) groups is 1. The number of anilines is 1. The Bertz CT molecular complexity index is 490. The Morgan fingerprint density at radius 1 is 1.55 bits per heavy atom. The standard InChI is InChI=1S/C15H22ClN3S/c1-10(2)19-7-6-11(9-19)8-18-13-5-3-4-12(16)14(13)15(17)20/h3-5,10-11,18H,6-9H2,1-2H3,(H2,17,20). The molecule has 5 heteroatoms. The number of nitrogens with zero attached hydrogens (tertiary/aromatic N) is 1. The van der Waals surface area contributed by atoms with E-state index in [2.05, 4.69) is 24.1 Å². The van der Waals surface area contributed by atoms with Gasteiger partial charge < -0.3 is 16.0 Å². The number of benzene rings is 1. The summed E-state index contributed by atoms with van der Waals surface area (Å²) in [7, 11) is 0. The normalized spacial score (nSPS) is 19.5. The van der Waals surface area contributed by atoms with E-state index in [0.29, 0.717) is 22.0 Å². The third-order valence-electron chi connectivity index (χ3n) is 3.89. The van der Waals surface area contributed by atoms with E-state index >= 15 is 0 Å². The van der Waals surface area contributed by atoms with Gasteiger partial charge in [0.05, 0.1) is 10.6 Å². The quantitative estimate of drug-likeness (QED) is 0.820. The first kappa shape index (κ1) is 15.5. The maximum Gasteiger partial charge on any atom is 0.107 e. The number of hydrogen-bond acceptors (Lipinski definition) is 3. The van der Waals surface area contributed by atoms with Crippen molar-refractivity contribution in [3.05, 3.63) is 28.8 Å². The first-order chi connectivity index (χ1) is 9.49. The summed E-state index contributed by atoms with van der Waals surface area (Å²) in [5.41, 5.74) is 7.45. The van der Waals surface area contributed by atoms with Gasteiger partial charge in [-0.05, 0) is 44.9 Å². The van der Waals surface area contributed by atoms with Gasteiger partial charge in [0.15, 0.2) is 0 Å². The highest BCUT2D eigenvalue weighted by atomic mass is 35.5. The average molecular weight is 312 g/mol. The first-order valence-corrected chi connectivity index (χ1v) is 7.84. The van der Waals surface area contributed by atoms with Crippen LogP contribution in [0, 0.1) is 5.92 Å². The lowest BCUT2D eigenvalue weighted by Gasteiger charge is -2.21. The minimum atomic E-state index is 0.341. The molecule has 1 aromatic rings. The molecule has 0 aliphatic carbocycles. The molecule has 1 heterocycles. The summed E-state index contributed by atoms with van der Waals surface area (Å²) < 4.78 is 0. The monoisotopic (exact) mass is 311 g/mol. The van der Waals surface area contributed by atoms with Crippen molar-refractivity contribution in [3.8, 4) is 0 Å². The molecule has 1 saturated heterocycles. The Morgan fingerprint density at radius 3 is 2.90 bits per heavy atom. The van der Waals surface area contributed by atoms with Crippen LogP contribution in [0.1, 0.15) is 25.8 Å². The second-order valence-corrected chi connectivity index (χ2v) is 6.50. The number of nitrogens with one attached hydrogen (secondary N) is 1. The molecule has 110 valence electrons. The van der Waals surface area contributed by atoms with Crippen molar-refractivity contribution in [2.45, 2.75) is 26.3 Å². The number of likely N-dealkylation sites (tertiary alicyclic amines) is 1. The van der Waals surface area contributed by atoms with Crippen LogP contribution in [-0.4, -0.2) is 35.6 Å². The topological polar surface area (TPSA) is 41.3 Å². The Balaban J connectivity index is 1.98. The van der Waals surface area contributed by atoms with Crippen LogP contribution in [0.5, 0.6) is 0 Å². The molecule has 1 aromatic carbocycles. The number of rotatable bonds is 5. The lowest BCUT2D eigenvalue weighted by Crippen LogP contribution is -2.29. The van der Waals surface area contributed by atoms with Crippen molar-refractivity contribution in [3.63, 3.8) is 0 Å². The fourth-order valence-electron chi connectivity index (χ4n) is 2.67. The lowest BCUT2D eigenvalue weighted by atomic mass is 10.1. The molecule has 0 radical (unpaired) electrons. The number of halogens is 1. The van der Waals surface area contributed by atoms with Gasteiger partial charge in [0.25, 0.3) is 0 Å². The molecule has 1 aliphatic rings. The highest BCUT2D eigenvalue weighted by Gasteiger charge is 2.24. The molecule has 1 fully saturated rings. The molecule has 2 rings (SSSR count). The molecule has 3 nitrogen and oxygen atoms in total. The fourth-order valence-corrected chi connectivity index (χ4v) is 3.23. The average Bonchev–Trinajstić information content (AvgIpc) is 2.84. The summed E-state index contributed by atoms with van der Waals surface area (Å²) in [5.74, 6) is 0.663. The van der Waals surface area contributed by atoms with Gasteiger partial charge in [0.2, 0.25) is 0 Å². The van der Waals surface area contributed by atoms with Crippen molar-refractivity contribution in [1.82, 2.24) is 4.90 Å². The van der Waals surface area contributed by atoms with Crippen LogP contribution in [0.4, 0.5) is 5.69 Å². The summed E-state index contributed by atoms with van der Waals surface area (Å²) in [6.07, 6.45) is 1.23. The van der Waals surface area contributed by atoms with Gasteiger partial charge in [-0.25, -0.2) is 0 Å². The Labute approximate surface area is 131 Å². The predicted octanol–water partition coefficient (Wildman–Crippen LogP) is 3.12. The van der Waals surface area contributed by atoms with Gasteiger partial charge in [-0.3, -0.25) is 0 Å². The van der Waals surface area contributed by atoms with E-state index in [1.807, 2.05) is 18.2 Å². The van der Waals surface area contributed by atoms with Gasteiger partial charge in [0.1, 0.15) is 4.99 Å². The van der Waals surface area contributed by atoms with E-state index in [1.54, 1.807) is 0 Å². The summed E-state index contributed by atoms with van der Waals surface area (Å²) in [4.78, 5) is 2.85. The molecule has 1 aliphatic heterocycles. The molecule has 20 heavy (non-hydrogen) atoms. The Morgan fingerprint density at radius 2 is 2.30 bits per heavy atom. The lowest BCUT2D eigenvalue weighted by molar-refractivity contribution is 0.266. The van der Waals surface area contributed by atoms with Gasteiger partial charge >= 0.3 is 0 Å². The minimum absolute atomic E-state index is 0.341. The number of hydrogen-bond donors (Lipinski definition) is 2. The first-order valence-electron chi connectivity index (χ1n) is 7.05. The molecule has 1 atom stereocenters. The summed E-state index contributed by atoms with van der Waals surface area (Å²) in [6.45, 7) is 7.75. The minimum Gasteiger partial charge on any atom is -0.389 e. The van der Waals surface area contributed by atoms with Crippen LogP contribution >= 0.6 is 23.8 Å². The third-order valence-corrected chi connectivity index (χ3v) is 4.41. The highest BCUT2D eigenvalue weighted by Crippen LogP contribution is 2.25. The smallest absolute Gasteiger partial charge is 0.107 e. The van der Waals surface area contributed by atoms with Crippen molar-refractivity contribution in [1.29, 1.82) is 0 Å². The van der Waals surface area contributed by atoms with Crippen LogP contribution in [0.15, 0.2) is 18.2 Å². The Kier molecular flexibility index (Phi) is 5.24. The maximum atomic E-state index is 6.17. The Hall–Kier alpha value is -0.840. The van der Waals surface area contributed by atoms with Crippen LogP contribution in [-0.2, 0) is 0 Å². The SMILES string of the molecule is CC(C)N1CCC(CNc2cccc(Cl)c2C(N)=S)C1. The van der Waals surface area contributed by atoms with E-state index in [4.69, 9.17) is 29.6 Å². The van der Waals surface area contributed by atoms with E-state index in [9.17, 15) is 0 Å². The van der Waals surface area contributed by atoms with Crippen LogP contribution in [0.3, 0.4) is 0 Å². The molecule has 0 bridgehead atoms. The van der Waals surface area contributed by atoms with Gasteiger partial charge in [-0.2, -0.15) is 0 Å². The molecule has 0 aromatic heterocycles. The maximum absolute atomic E-state index is 6.17. The number of nitrogens with two attached hydrogens (primary N) is 1. The van der Waals surface area contributed by atoms with Crippen LogP contribution in [0.2, 0.25) is 5.02 Å². The molecule has 3 N–H and O–H groups in total. The van der Waals surface area contributed by atoms with Crippen molar-refractivity contribution in [2.24, 2.45) is 11.7 Å². The molecule has 0 saturated carbocycles. The van der Waals surface area contributed by atoms with Crippen LogP contribution in [0.25, 0.3) is 0 Å². The van der Waals surface area contributed by atoms with E-state index < -0.39 is 0 Å². The van der Waals surface area contributed by atoms with Gasteiger partial charge in [-0.1, -0.05) is 29.9 Å². The second kappa shape index (κ2) is 6.74. The zero-order chi connectivity index (χ0) is 14.7. The third kappa shape index (κ3) is 3.62. The highest BCUT2D eigenvalue weighted by molar-refractivity contribution is 7.80. The fraction of sp³-hybridized carbons (Fsp3) is 0.533. The van der Waals surface area contributed by atoms with Gasteiger partial charge in [-0.15, -0.1) is 0 Å². The predicted molar refractivity (Wildman–Crippen MR) is 90.6 cm³/mol. The van der Waals surface area contributed by atoms with Crippen LogP contribution < -0.4 is 11.1 Å². The molecule has 0 amide bonds. The van der Waals surface area contributed by atoms with Crippen molar-refractivity contribution >= 4 is 34.5 Å². The second-order valence-electron chi connectivity index (χ2n) is 5.65. The summed E-state index contributed by atoms with van der Waals surface area (Å²) in [6, 6.07) is 6.34. The van der Waals surface area contributed by atoms with Crippen molar-refractivity contribution in [2.75, 3.05) is 25.0 Å². The van der Waals surface area contributed by atoms with E-state index in [1.165, 1.54) is 13.0 Å². The molecule has 1 unspecified atom stereocenters. The summed E-state index contributed by atoms with van der Waals surface area (Å²) in [5, 5.41) is 4.07. The zero-order valence-corrected chi connectivity index (χ0v) is 13.6. The molecule has 0 spiro atoms. The van der Waals surface area contributed by atoms with E-state index in [-0.39, 0.29) is 0 Å². The largest absolute Gasteiger partial charge is 0.389 e. The summed E-state index contributed by atoms with van der Waals surface area (Å²) >= 11 is 11.3. The van der Waals surface area contributed by atoms with E-state index in [0.717, 1.165) is 24.3 Å². The molecular formula is C15H22ClN3S. The molecular weight excluding hydrogens is 290 g/mol.